The average Bonchev–Trinajstić information content (AvgIpc) is 2.52. The number of halogens is 1. The van der Waals surface area contributed by atoms with Gasteiger partial charge in [-0.1, -0.05) is 32.8 Å². The molecule has 22 heavy (non-hydrogen) atoms. The molecule has 124 valence electrons. The van der Waals surface area contributed by atoms with Crippen LogP contribution < -0.4 is 15.4 Å². The van der Waals surface area contributed by atoms with Crippen molar-refractivity contribution in [2.45, 2.75) is 32.8 Å². The highest BCUT2D eigenvalue weighted by Gasteiger charge is 2.16. The lowest BCUT2D eigenvalue weighted by Gasteiger charge is -2.20. The van der Waals surface area contributed by atoms with Crippen LogP contribution in [0.15, 0.2) is 24.3 Å². The molecular weight excluding hydrogens is 287 g/mol. The highest BCUT2D eigenvalue weighted by molar-refractivity contribution is 5.89. The molecule has 1 atom stereocenters. The summed E-state index contributed by atoms with van der Waals surface area (Å²) in [7, 11) is 0. The number of carbonyl (C=O) groups excluding carboxylic acids is 1. The molecule has 0 aliphatic carbocycles. The number of hydrogen-bond donors (Lipinski definition) is 3. The SMILES string of the molecule is CCC(CC)C(O)CNC(=O)Nc1cccc(OCCF)c1. The highest BCUT2D eigenvalue weighted by Crippen LogP contribution is 2.17. The lowest BCUT2D eigenvalue weighted by molar-refractivity contribution is 0.104. The number of aliphatic hydroxyl groups is 1. The van der Waals surface area contributed by atoms with Gasteiger partial charge in [-0.25, -0.2) is 9.18 Å². The third-order valence-electron chi connectivity index (χ3n) is 3.50. The van der Waals surface area contributed by atoms with Crippen molar-refractivity contribution in [2.75, 3.05) is 25.1 Å². The summed E-state index contributed by atoms with van der Waals surface area (Å²) in [6.07, 6.45) is 1.18. The van der Waals surface area contributed by atoms with Crippen LogP contribution in [0.2, 0.25) is 0 Å². The number of alkyl halides is 1. The van der Waals surface area contributed by atoms with Gasteiger partial charge in [0, 0.05) is 18.3 Å². The second kappa shape index (κ2) is 10.00. The first-order chi connectivity index (χ1) is 10.6. The predicted molar refractivity (Wildman–Crippen MR) is 85.0 cm³/mol. The molecule has 1 rings (SSSR count). The van der Waals surface area contributed by atoms with Gasteiger partial charge < -0.3 is 20.5 Å². The van der Waals surface area contributed by atoms with Gasteiger partial charge in [0.25, 0.3) is 0 Å². The third-order valence-corrected chi connectivity index (χ3v) is 3.50. The van der Waals surface area contributed by atoms with E-state index in [1.165, 1.54) is 0 Å². The van der Waals surface area contributed by atoms with E-state index >= 15 is 0 Å². The topological polar surface area (TPSA) is 70.6 Å². The molecule has 1 aromatic rings. The van der Waals surface area contributed by atoms with Gasteiger partial charge in [0.2, 0.25) is 0 Å². The zero-order valence-electron chi connectivity index (χ0n) is 13.1. The maximum absolute atomic E-state index is 12.1. The first-order valence-corrected chi connectivity index (χ1v) is 7.62. The number of carbonyl (C=O) groups is 1. The smallest absolute Gasteiger partial charge is 0.319 e. The molecule has 0 aromatic heterocycles. The van der Waals surface area contributed by atoms with Crippen molar-refractivity contribution in [3.63, 3.8) is 0 Å². The normalized spacial score (nSPS) is 12.0. The molecule has 1 aromatic carbocycles. The van der Waals surface area contributed by atoms with Gasteiger partial charge in [-0.3, -0.25) is 0 Å². The number of benzene rings is 1. The molecule has 0 aliphatic heterocycles. The van der Waals surface area contributed by atoms with Crippen LogP contribution in [-0.2, 0) is 0 Å². The highest BCUT2D eigenvalue weighted by atomic mass is 19.1. The van der Waals surface area contributed by atoms with Gasteiger partial charge in [-0.15, -0.1) is 0 Å². The zero-order valence-corrected chi connectivity index (χ0v) is 13.1. The Labute approximate surface area is 130 Å². The van der Waals surface area contributed by atoms with E-state index in [0.29, 0.717) is 11.4 Å². The Morgan fingerprint density at radius 3 is 2.73 bits per heavy atom. The van der Waals surface area contributed by atoms with Gasteiger partial charge in [0.1, 0.15) is 19.0 Å². The Balaban J connectivity index is 2.44. The summed E-state index contributed by atoms with van der Waals surface area (Å²) < 4.78 is 17.2. The number of rotatable bonds is 9. The Morgan fingerprint density at radius 2 is 2.09 bits per heavy atom. The van der Waals surface area contributed by atoms with Crippen LogP contribution in [0.25, 0.3) is 0 Å². The lowest BCUT2D eigenvalue weighted by atomic mass is 9.97. The van der Waals surface area contributed by atoms with Gasteiger partial charge >= 0.3 is 6.03 Å². The summed E-state index contributed by atoms with van der Waals surface area (Å²) in [6, 6.07) is 6.33. The van der Waals surface area contributed by atoms with Crippen molar-refractivity contribution in [1.29, 1.82) is 0 Å². The minimum Gasteiger partial charge on any atom is -0.491 e. The standard InChI is InChI=1S/C16H25FN2O3/c1-3-12(4-2)15(20)11-18-16(21)19-13-6-5-7-14(10-13)22-9-8-17/h5-7,10,12,15,20H,3-4,8-9,11H2,1-2H3,(H2,18,19,21). The Kier molecular flexibility index (Phi) is 8.28. The van der Waals surface area contributed by atoms with Gasteiger partial charge in [0.05, 0.1) is 6.10 Å². The van der Waals surface area contributed by atoms with Crippen LogP contribution in [0.1, 0.15) is 26.7 Å². The van der Waals surface area contributed by atoms with Crippen molar-refractivity contribution >= 4 is 11.7 Å². The molecule has 5 nitrogen and oxygen atoms in total. The van der Waals surface area contributed by atoms with Gasteiger partial charge in [-0.05, 0) is 18.1 Å². The maximum atomic E-state index is 12.1. The molecule has 0 radical (unpaired) electrons. The van der Waals surface area contributed by atoms with E-state index in [4.69, 9.17) is 4.74 Å². The Morgan fingerprint density at radius 1 is 1.36 bits per heavy atom. The molecule has 0 heterocycles. The largest absolute Gasteiger partial charge is 0.491 e. The summed E-state index contributed by atoms with van der Waals surface area (Å²) in [6.45, 7) is 3.65. The summed E-state index contributed by atoms with van der Waals surface area (Å²) in [5.41, 5.74) is 0.547. The van der Waals surface area contributed by atoms with Crippen molar-refractivity contribution < 1.29 is 19.0 Å². The van der Waals surface area contributed by atoms with Crippen molar-refractivity contribution in [3.8, 4) is 5.75 Å². The second-order valence-electron chi connectivity index (χ2n) is 5.04. The van der Waals surface area contributed by atoms with E-state index in [1.807, 2.05) is 13.8 Å². The number of ether oxygens (including phenoxy) is 1. The monoisotopic (exact) mass is 312 g/mol. The fourth-order valence-electron chi connectivity index (χ4n) is 2.19. The molecule has 0 saturated heterocycles. The molecule has 0 aliphatic rings. The van der Waals surface area contributed by atoms with Crippen molar-refractivity contribution in [2.24, 2.45) is 5.92 Å². The summed E-state index contributed by atoms with van der Waals surface area (Å²) >= 11 is 0. The summed E-state index contributed by atoms with van der Waals surface area (Å²) in [5, 5.41) is 15.3. The fraction of sp³-hybridized carbons (Fsp3) is 0.562. The van der Waals surface area contributed by atoms with Crippen LogP contribution in [0, 0.1) is 5.92 Å². The van der Waals surface area contributed by atoms with Crippen LogP contribution in [-0.4, -0.2) is 37.1 Å². The van der Waals surface area contributed by atoms with Crippen LogP contribution in [0.4, 0.5) is 14.9 Å². The number of aliphatic hydroxyl groups excluding tert-OH is 1. The van der Waals surface area contributed by atoms with E-state index in [2.05, 4.69) is 10.6 Å². The molecule has 2 amide bonds. The van der Waals surface area contributed by atoms with Crippen LogP contribution in [0.5, 0.6) is 5.75 Å². The first kappa shape index (κ1) is 18.2. The summed E-state index contributed by atoms with van der Waals surface area (Å²) in [5.74, 6) is 0.672. The summed E-state index contributed by atoms with van der Waals surface area (Å²) in [4.78, 5) is 11.8. The molecule has 1 unspecified atom stereocenters. The molecule has 3 N–H and O–H groups in total. The van der Waals surface area contributed by atoms with E-state index in [1.54, 1.807) is 24.3 Å². The quantitative estimate of drug-likeness (QED) is 0.656. The van der Waals surface area contributed by atoms with E-state index in [0.717, 1.165) is 12.8 Å². The predicted octanol–water partition coefficient (Wildman–Crippen LogP) is 2.95. The van der Waals surface area contributed by atoms with Crippen molar-refractivity contribution in [3.05, 3.63) is 24.3 Å². The van der Waals surface area contributed by atoms with Crippen LogP contribution >= 0.6 is 0 Å². The van der Waals surface area contributed by atoms with Crippen LogP contribution in [0.3, 0.4) is 0 Å². The average molecular weight is 312 g/mol. The van der Waals surface area contributed by atoms with Gasteiger partial charge in [-0.2, -0.15) is 0 Å². The molecular formula is C16H25FN2O3. The number of hydrogen-bond acceptors (Lipinski definition) is 3. The number of amides is 2. The number of nitrogens with one attached hydrogen (secondary N) is 2. The molecule has 0 bridgehead atoms. The molecule has 0 saturated carbocycles. The zero-order chi connectivity index (χ0) is 16.4. The molecule has 0 spiro atoms. The number of anilines is 1. The van der Waals surface area contributed by atoms with E-state index < -0.39 is 18.8 Å². The Hall–Kier alpha value is -1.82. The maximum Gasteiger partial charge on any atom is 0.319 e. The second-order valence-corrected chi connectivity index (χ2v) is 5.04. The fourth-order valence-corrected chi connectivity index (χ4v) is 2.19. The van der Waals surface area contributed by atoms with Crippen molar-refractivity contribution in [1.82, 2.24) is 5.32 Å². The first-order valence-electron chi connectivity index (χ1n) is 7.62. The molecule has 6 heteroatoms. The molecule has 0 fully saturated rings. The number of urea groups is 1. The van der Waals surface area contributed by atoms with Gasteiger partial charge in [0.15, 0.2) is 0 Å². The van der Waals surface area contributed by atoms with E-state index in [9.17, 15) is 14.3 Å². The lowest BCUT2D eigenvalue weighted by Crippen LogP contribution is -2.38. The minimum atomic E-state index is -0.563. The third kappa shape index (κ3) is 6.30. The van der Waals surface area contributed by atoms with E-state index in [-0.39, 0.29) is 19.1 Å². The minimum absolute atomic E-state index is 0.0166. The Bertz CT molecular complexity index is 453.